The number of aliphatic hydroxyl groups is 1. The van der Waals surface area contributed by atoms with Gasteiger partial charge in [0.15, 0.2) is 0 Å². The van der Waals surface area contributed by atoms with Crippen LogP contribution >= 0.6 is 11.8 Å². The summed E-state index contributed by atoms with van der Waals surface area (Å²) in [5, 5.41) is 28.8. The lowest BCUT2D eigenvalue weighted by atomic mass is 10.1. The number of esters is 1. The lowest BCUT2D eigenvalue weighted by molar-refractivity contribution is -0.387. The van der Waals surface area contributed by atoms with E-state index in [1.54, 1.807) is 19.1 Å². The number of hydrogen-bond acceptors (Lipinski definition) is 7. The van der Waals surface area contributed by atoms with Crippen LogP contribution < -0.4 is 0 Å². The minimum atomic E-state index is -0.772. The fourth-order valence-electron chi connectivity index (χ4n) is 1.56. The number of aliphatic hydroxyl groups excluding tert-OH is 1. The summed E-state index contributed by atoms with van der Waals surface area (Å²) in [5.41, 5.74) is -0.0232. The first-order valence-electron chi connectivity index (χ1n) is 6.34. The first-order valence-corrected chi connectivity index (χ1v) is 7.33. The highest BCUT2D eigenvalue weighted by atomic mass is 32.2. The van der Waals surface area contributed by atoms with Gasteiger partial charge in [-0.15, -0.1) is 11.8 Å². The summed E-state index contributed by atoms with van der Waals surface area (Å²) in [5.74, 6) is -0.436. The first kappa shape index (κ1) is 17.7. The van der Waals surface area contributed by atoms with Crippen molar-refractivity contribution in [2.45, 2.75) is 11.8 Å². The molecular formula is C14H14N2O5S. The summed E-state index contributed by atoms with van der Waals surface area (Å²) in [4.78, 5) is 22.5. The van der Waals surface area contributed by atoms with Crippen molar-refractivity contribution in [2.24, 2.45) is 0 Å². The number of hydrogen-bond donors (Lipinski definition) is 1. The van der Waals surface area contributed by atoms with Crippen LogP contribution in [-0.2, 0) is 9.53 Å². The zero-order valence-corrected chi connectivity index (χ0v) is 12.6. The molecule has 1 aromatic rings. The molecule has 7 nitrogen and oxygen atoms in total. The highest BCUT2D eigenvalue weighted by Gasteiger charge is 2.16. The maximum Gasteiger partial charge on any atom is 0.348 e. The highest BCUT2D eigenvalue weighted by molar-refractivity contribution is 7.99. The molecule has 0 atom stereocenters. The molecule has 22 heavy (non-hydrogen) atoms. The normalized spacial score (nSPS) is 10.9. The van der Waals surface area contributed by atoms with Crippen LogP contribution in [0.15, 0.2) is 28.7 Å². The van der Waals surface area contributed by atoms with Gasteiger partial charge in [-0.25, -0.2) is 4.79 Å². The number of rotatable bonds is 7. The van der Waals surface area contributed by atoms with E-state index in [9.17, 15) is 14.9 Å². The minimum Gasteiger partial charge on any atom is -0.462 e. The lowest BCUT2D eigenvalue weighted by Crippen LogP contribution is -2.06. The number of nitriles is 1. The van der Waals surface area contributed by atoms with Crippen LogP contribution in [0.5, 0.6) is 0 Å². The largest absolute Gasteiger partial charge is 0.462 e. The molecule has 0 unspecified atom stereocenters. The van der Waals surface area contributed by atoms with Gasteiger partial charge in [0.2, 0.25) is 0 Å². The Balaban J connectivity index is 3.16. The van der Waals surface area contributed by atoms with E-state index in [2.05, 4.69) is 0 Å². The second-order valence-electron chi connectivity index (χ2n) is 3.95. The molecule has 0 heterocycles. The molecule has 1 rings (SSSR count). The van der Waals surface area contributed by atoms with E-state index in [0.717, 1.165) is 11.8 Å². The van der Waals surface area contributed by atoms with Crippen LogP contribution in [0.1, 0.15) is 12.5 Å². The van der Waals surface area contributed by atoms with Gasteiger partial charge in [-0.3, -0.25) is 10.1 Å². The standard InChI is InChI=1S/C14H14N2O5S/c1-2-21-14(18)11(9-15)7-10-3-4-13(22-6-5-17)12(8-10)16(19)20/h3-4,7-8,17H,2,5-6H2,1H3. The fourth-order valence-corrected chi connectivity index (χ4v) is 2.31. The summed E-state index contributed by atoms with van der Waals surface area (Å²) in [6.07, 6.45) is 1.24. The van der Waals surface area contributed by atoms with Gasteiger partial charge >= 0.3 is 5.97 Å². The molecule has 0 saturated heterocycles. The Morgan fingerprint density at radius 3 is 2.86 bits per heavy atom. The van der Waals surface area contributed by atoms with Crippen molar-refractivity contribution < 1.29 is 19.6 Å². The number of ether oxygens (including phenoxy) is 1. The number of nitrogens with zero attached hydrogens (tertiary/aromatic N) is 2. The van der Waals surface area contributed by atoms with Crippen LogP contribution in [0.4, 0.5) is 5.69 Å². The summed E-state index contributed by atoms with van der Waals surface area (Å²) in [6, 6.07) is 6.06. The number of thioether (sulfide) groups is 1. The number of nitro groups is 1. The molecule has 0 aliphatic rings. The number of benzene rings is 1. The molecule has 0 fully saturated rings. The Kier molecular flexibility index (Phi) is 7.08. The number of carbonyl (C=O) groups is 1. The van der Waals surface area contributed by atoms with Gasteiger partial charge in [-0.05, 0) is 24.6 Å². The second kappa shape index (κ2) is 8.81. The van der Waals surface area contributed by atoms with E-state index in [4.69, 9.17) is 15.1 Å². The zero-order valence-electron chi connectivity index (χ0n) is 11.8. The summed E-state index contributed by atoms with van der Waals surface area (Å²) >= 11 is 1.15. The molecule has 0 amide bonds. The summed E-state index contributed by atoms with van der Waals surface area (Å²) < 4.78 is 4.73. The average Bonchev–Trinajstić information content (AvgIpc) is 2.51. The molecular weight excluding hydrogens is 308 g/mol. The number of nitro benzene ring substituents is 1. The Labute approximate surface area is 131 Å². The monoisotopic (exact) mass is 322 g/mol. The van der Waals surface area contributed by atoms with Gasteiger partial charge in [0.05, 0.1) is 23.0 Å². The van der Waals surface area contributed by atoms with E-state index in [-0.39, 0.29) is 24.5 Å². The van der Waals surface area contributed by atoms with Gasteiger partial charge in [-0.2, -0.15) is 5.26 Å². The van der Waals surface area contributed by atoms with E-state index >= 15 is 0 Å². The van der Waals surface area contributed by atoms with Gasteiger partial charge in [0.25, 0.3) is 5.69 Å². The summed E-state index contributed by atoms with van der Waals surface area (Å²) in [7, 11) is 0. The van der Waals surface area contributed by atoms with Crippen molar-refractivity contribution in [3.05, 3.63) is 39.4 Å². The van der Waals surface area contributed by atoms with Crippen molar-refractivity contribution in [1.29, 1.82) is 5.26 Å². The molecule has 0 aliphatic carbocycles. The van der Waals surface area contributed by atoms with Crippen molar-refractivity contribution in [2.75, 3.05) is 19.0 Å². The Hall–Kier alpha value is -2.37. The molecule has 0 radical (unpaired) electrons. The molecule has 1 N–H and O–H groups in total. The summed E-state index contributed by atoms with van der Waals surface area (Å²) in [6.45, 7) is 1.66. The third-order valence-corrected chi connectivity index (χ3v) is 3.50. The van der Waals surface area contributed by atoms with Gasteiger partial charge in [0.1, 0.15) is 11.6 Å². The zero-order chi connectivity index (χ0) is 16.5. The molecule has 116 valence electrons. The predicted molar refractivity (Wildman–Crippen MR) is 81.1 cm³/mol. The molecule has 0 bridgehead atoms. The maximum atomic E-state index is 11.5. The molecule has 0 aliphatic heterocycles. The van der Waals surface area contributed by atoms with E-state index < -0.39 is 10.9 Å². The van der Waals surface area contributed by atoms with Crippen molar-refractivity contribution in [1.82, 2.24) is 0 Å². The van der Waals surface area contributed by atoms with Crippen LogP contribution in [0.25, 0.3) is 6.08 Å². The maximum absolute atomic E-state index is 11.5. The third kappa shape index (κ3) is 4.87. The molecule has 1 aromatic carbocycles. The SMILES string of the molecule is CCOC(=O)C(C#N)=Cc1ccc(SCCO)c([N+](=O)[O-])c1. The van der Waals surface area contributed by atoms with Crippen LogP contribution in [0, 0.1) is 21.4 Å². The van der Waals surface area contributed by atoms with Gasteiger partial charge in [0, 0.05) is 11.8 Å². The van der Waals surface area contributed by atoms with Crippen LogP contribution in [0.2, 0.25) is 0 Å². The molecule has 8 heteroatoms. The van der Waals surface area contributed by atoms with Crippen molar-refractivity contribution in [3.63, 3.8) is 0 Å². The second-order valence-corrected chi connectivity index (χ2v) is 5.08. The molecule has 0 spiro atoms. The third-order valence-electron chi connectivity index (χ3n) is 2.46. The van der Waals surface area contributed by atoms with Crippen molar-refractivity contribution >= 4 is 29.5 Å². The molecule has 0 aromatic heterocycles. The quantitative estimate of drug-likeness (QED) is 0.204. The van der Waals surface area contributed by atoms with Crippen LogP contribution in [-0.4, -0.2) is 35.0 Å². The topological polar surface area (TPSA) is 113 Å². The Morgan fingerprint density at radius 2 is 2.32 bits per heavy atom. The van der Waals surface area contributed by atoms with E-state index in [1.807, 2.05) is 0 Å². The van der Waals surface area contributed by atoms with E-state index in [1.165, 1.54) is 18.2 Å². The van der Waals surface area contributed by atoms with Gasteiger partial charge < -0.3 is 9.84 Å². The average molecular weight is 322 g/mol. The van der Waals surface area contributed by atoms with Crippen LogP contribution in [0.3, 0.4) is 0 Å². The van der Waals surface area contributed by atoms with E-state index in [0.29, 0.717) is 16.2 Å². The number of carbonyl (C=O) groups excluding carboxylic acids is 1. The smallest absolute Gasteiger partial charge is 0.348 e. The van der Waals surface area contributed by atoms with Gasteiger partial charge in [-0.1, -0.05) is 6.07 Å². The fraction of sp³-hybridized carbons (Fsp3) is 0.286. The highest BCUT2D eigenvalue weighted by Crippen LogP contribution is 2.30. The predicted octanol–water partition coefficient (Wildman–Crippen LogP) is 2.15. The Bertz CT molecular complexity index is 637. The first-order chi connectivity index (χ1) is 10.5. The van der Waals surface area contributed by atoms with Crippen molar-refractivity contribution in [3.8, 4) is 6.07 Å². The molecule has 0 saturated carbocycles. The lowest BCUT2D eigenvalue weighted by Gasteiger charge is -2.04. The Morgan fingerprint density at radius 1 is 1.59 bits per heavy atom. The minimum absolute atomic E-state index is 0.0923.